The highest BCUT2D eigenvalue weighted by Crippen LogP contribution is 2.36. The molecule has 0 aliphatic rings. The number of carbonyl (C=O) groups excluding carboxylic acids is 1. The van der Waals surface area contributed by atoms with E-state index in [0.29, 0.717) is 77.5 Å². The van der Waals surface area contributed by atoms with Gasteiger partial charge in [-0.05, 0) is 36.6 Å². The Morgan fingerprint density at radius 3 is 2.67 bits per heavy atom. The molecule has 0 spiro atoms. The molecule has 16 heteroatoms. The molecule has 0 saturated heterocycles. The van der Waals surface area contributed by atoms with Crippen molar-refractivity contribution in [1.29, 1.82) is 0 Å². The molecule has 2 aromatic heterocycles. The second-order valence-electron chi connectivity index (χ2n) is 10.6. The Bertz CT molecular complexity index is 1630. The molecule has 242 valence electrons. The number of hydrogen-bond donors (Lipinski definition) is 5. The van der Waals surface area contributed by atoms with Crippen LogP contribution in [0.3, 0.4) is 0 Å². The summed E-state index contributed by atoms with van der Waals surface area (Å²) in [6, 6.07) is 10.8. The number of nitrogens with zero attached hydrogens (tertiary/aromatic N) is 4. The molecule has 0 radical (unpaired) electrons. The molecule has 2 aromatic carbocycles. The van der Waals surface area contributed by atoms with Crippen molar-refractivity contribution in [2.75, 3.05) is 50.6 Å². The molecule has 0 unspecified atom stereocenters. The first kappa shape index (κ1) is 33.7. The second kappa shape index (κ2) is 15.7. The monoisotopic (exact) mass is 645 g/mol. The predicted molar refractivity (Wildman–Crippen MR) is 166 cm³/mol. The highest BCUT2D eigenvalue weighted by atomic mass is 31.2. The first-order chi connectivity index (χ1) is 21.5. The van der Waals surface area contributed by atoms with Crippen LogP contribution in [0, 0.1) is 11.7 Å². The standard InChI is InChI=1S/C29H37FN7O7P/c1-19(2)17-37(9-11-44-45(39,40)41)8-5-10-43-26-16-24-23(15-25(26)42-3)29(32-18-31-24)34-27-13-22(35-36-27)14-28(38)33-21-7-4-6-20(30)12-21/h4,6-7,12-13,15-16,18-19H,5,8-11,14,17H2,1-3H3,(H,33,38)(H2,39,40,41)(H2,31,32,34,35,36). The summed E-state index contributed by atoms with van der Waals surface area (Å²) in [4.78, 5) is 41.1. The molecule has 0 aliphatic carbocycles. The van der Waals surface area contributed by atoms with Crippen molar-refractivity contribution in [2.24, 2.45) is 5.92 Å². The Morgan fingerprint density at radius 2 is 1.93 bits per heavy atom. The van der Waals surface area contributed by atoms with E-state index in [9.17, 15) is 13.8 Å². The lowest BCUT2D eigenvalue weighted by Gasteiger charge is -2.24. The fourth-order valence-corrected chi connectivity index (χ4v) is 4.91. The van der Waals surface area contributed by atoms with E-state index in [0.717, 1.165) is 6.54 Å². The third kappa shape index (κ3) is 10.8. The smallest absolute Gasteiger partial charge is 0.469 e. The number of phosphoric ester groups is 1. The summed E-state index contributed by atoms with van der Waals surface area (Å²) in [5, 5.41) is 13.5. The number of phosphoric acid groups is 1. The number of rotatable bonds is 17. The summed E-state index contributed by atoms with van der Waals surface area (Å²) < 4.78 is 40.6. The van der Waals surface area contributed by atoms with Crippen LogP contribution in [0.1, 0.15) is 26.0 Å². The predicted octanol–water partition coefficient (Wildman–Crippen LogP) is 4.26. The highest BCUT2D eigenvalue weighted by Gasteiger charge is 2.17. The lowest BCUT2D eigenvalue weighted by atomic mass is 10.2. The molecule has 5 N–H and O–H groups in total. The van der Waals surface area contributed by atoms with Gasteiger partial charge < -0.3 is 34.8 Å². The first-order valence-electron chi connectivity index (χ1n) is 14.2. The minimum absolute atomic E-state index is 0.000638. The van der Waals surface area contributed by atoms with Gasteiger partial charge in [0.2, 0.25) is 5.91 Å². The lowest BCUT2D eigenvalue weighted by molar-refractivity contribution is -0.115. The van der Waals surface area contributed by atoms with Gasteiger partial charge in [0.15, 0.2) is 17.3 Å². The largest absolute Gasteiger partial charge is 0.493 e. The van der Waals surface area contributed by atoms with Crippen LogP contribution in [0.15, 0.2) is 48.8 Å². The van der Waals surface area contributed by atoms with Crippen molar-refractivity contribution < 1.29 is 37.5 Å². The number of ether oxygens (including phenoxy) is 2. The van der Waals surface area contributed by atoms with Crippen LogP contribution in [0.5, 0.6) is 11.5 Å². The van der Waals surface area contributed by atoms with E-state index in [1.165, 1.54) is 31.6 Å². The molecule has 0 aliphatic heterocycles. The van der Waals surface area contributed by atoms with Gasteiger partial charge in [-0.15, -0.1) is 0 Å². The van der Waals surface area contributed by atoms with E-state index in [-0.39, 0.29) is 18.9 Å². The maximum absolute atomic E-state index is 13.4. The van der Waals surface area contributed by atoms with Crippen LogP contribution in [0.25, 0.3) is 10.9 Å². The van der Waals surface area contributed by atoms with Gasteiger partial charge in [-0.1, -0.05) is 19.9 Å². The van der Waals surface area contributed by atoms with E-state index < -0.39 is 13.6 Å². The van der Waals surface area contributed by atoms with E-state index in [4.69, 9.17) is 19.3 Å². The number of benzene rings is 2. The van der Waals surface area contributed by atoms with Crippen molar-refractivity contribution in [2.45, 2.75) is 26.7 Å². The fraction of sp³-hybridized carbons (Fsp3) is 0.379. The molecule has 2 heterocycles. The number of methoxy groups -OCH3 is 1. The number of carbonyl (C=O) groups is 1. The average Bonchev–Trinajstić information content (AvgIpc) is 3.40. The highest BCUT2D eigenvalue weighted by molar-refractivity contribution is 7.46. The molecule has 4 rings (SSSR count). The molecule has 0 bridgehead atoms. The van der Waals surface area contributed by atoms with Gasteiger partial charge in [-0.25, -0.2) is 18.9 Å². The minimum atomic E-state index is -4.51. The molecule has 4 aromatic rings. The van der Waals surface area contributed by atoms with Crippen LogP contribution >= 0.6 is 7.82 Å². The number of aromatic amines is 1. The summed E-state index contributed by atoms with van der Waals surface area (Å²) in [5.74, 6) is 1.47. The number of H-pyrrole nitrogens is 1. The van der Waals surface area contributed by atoms with Crippen molar-refractivity contribution >= 4 is 42.0 Å². The Balaban J connectivity index is 1.36. The van der Waals surface area contributed by atoms with Crippen molar-refractivity contribution in [1.82, 2.24) is 25.1 Å². The summed E-state index contributed by atoms with van der Waals surface area (Å²) in [6.07, 6.45) is 2.06. The number of amides is 1. The van der Waals surface area contributed by atoms with Gasteiger partial charge >= 0.3 is 7.82 Å². The Labute approximate surface area is 259 Å². The van der Waals surface area contributed by atoms with E-state index >= 15 is 0 Å². The number of halogens is 1. The number of anilines is 3. The van der Waals surface area contributed by atoms with Crippen LogP contribution in [0.4, 0.5) is 21.7 Å². The van der Waals surface area contributed by atoms with Crippen molar-refractivity contribution in [3.63, 3.8) is 0 Å². The SMILES string of the molecule is COc1cc2c(Nc3cc(CC(=O)Nc4cccc(F)c4)[nH]n3)ncnc2cc1OCCCN(CCOP(=O)(O)O)CC(C)C. The van der Waals surface area contributed by atoms with Crippen LogP contribution in [0.2, 0.25) is 0 Å². The van der Waals surface area contributed by atoms with E-state index in [2.05, 4.69) is 54.1 Å². The van der Waals surface area contributed by atoms with Crippen LogP contribution in [-0.4, -0.2) is 80.7 Å². The normalized spacial score (nSPS) is 11.7. The summed E-state index contributed by atoms with van der Waals surface area (Å²) in [7, 11) is -2.97. The number of aromatic nitrogens is 4. The van der Waals surface area contributed by atoms with Gasteiger partial charge in [-0.2, -0.15) is 5.10 Å². The molecule has 45 heavy (non-hydrogen) atoms. The van der Waals surface area contributed by atoms with E-state index in [1.54, 1.807) is 24.3 Å². The lowest BCUT2D eigenvalue weighted by Crippen LogP contribution is -2.32. The Morgan fingerprint density at radius 1 is 1.11 bits per heavy atom. The van der Waals surface area contributed by atoms with Gasteiger partial charge in [0, 0.05) is 48.5 Å². The zero-order chi connectivity index (χ0) is 32.4. The molecule has 0 saturated carbocycles. The third-order valence-electron chi connectivity index (χ3n) is 6.42. The zero-order valence-electron chi connectivity index (χ0n) is 25.2. The molecule has 1 amide bonds. The van der Waals surface area contributed by atoms with Crippen LogP contribution < -0.4 is 20.1 Å². The van der Waals surface area contributed by atoms with Gasteiger partial charge in [0.05, 0.1) is 32.3 Å². The molecule has 0 atom stereocenters. The van der Waals surface area contributed by atoms with Crippen molar-refractivity contribution in [3.8, 4) is 11.5 Å². The molecule has 0 fully saturated rings. The number of hydrogen-bond acceptors (Lipinski definition) is 10. The first-order valence-corrected chi connectivity index (χ1v) is 15.8. The Kier molecular flexibility index (Phi) is 11.8. The topological polar surface area (TPSA) is 184 Å². The zero-order valence-corrected chi connectivity index (χ0v) is 26.1. The third-order valence-corrected chi connectivity index (χ3v) is 6.94. The molecular formula is C29H37FN7O7P. The summed E-state index contributed by atoms with van der Waals surface area (Å²) >= 11 is 0. The second-order valence-corrected chi connectivity index (χ2v) is 11.8. The fourth-order valence-electron chi connectivity index (χ4n) is 4.59. The maximum Gasteiger partial charge on any atom is 0.469 e. The summed E-state index contributed by atoms with van der Waals surface area (Å²) in [5.41, 5.74) is 1.51. The molecular weight excluding hydrogens is 608 g/mol. The van der Waals surface area contributed by atoms with Crippen LogP contribution in [-0.2, 0) is 20.3 Å². The van der Waals surface area contributed by atoms with Gasteiger partial charge in [-0.3, -0.25) is 14.4 Å². The Hall–Kier alpha value is -4.14. The van der Waals surface area contributed by atoms with E-state index in [1.807, 2.05) is 0 Å². The number of nitrogens with one attached hydrogen (secondary N) is 3. The van der Waals surface area contributed by atoms with Gasteiger partial charge in [0.1, 0.15) is 18.0 Å². The maximum atomic E-state index is 13.4. The van der Waals surface area contributed by atoms with Crippen molar-refractivity contribution in [3.05, 3.63) is 60.3 Å². The average molecular weight is 646 g/mol. The number of fused-ring (bicyclic) bond motifs is 1. The summed E-state index contributed by atoms with van der Waals surface area (Å²) in [6.45, 7) is 6.21. The quantitative estimate of drug-likeness (QED) is 0.0813. The minimum Gasteiger partial charge on any atom is -0.493 e. The molecule has 14 nitrogen and oxygen atoms in total. The van der Waals surface area contributed by atoms with Gasteiger partial charge in [0.25, 0.3) is 0 Å².